The van der Waals surface area contributed by atoms with Crippen LogP contribution in [-0.2, 0) is 22.4 Å². The molecule has 0 saturated carbocycles. The van der Waals surface area contributed by atoms with Gasteiger partial charge in [0.25, 0.3) is 5.56 Å². The van der Waals surface area contributed by atoms with E-state index in [0.29, 0.717) is 43.0 Å². The first-order chi connectivity index (χ1) is 13.1. The maximum atomic E-state index is 13.0. The molecule has 6 heteroatoms. The van der Waals surface area contributed by atoms with Crippen LogP contribution in [0.25, 0.3) is 22.0 Å². The molecule has 0 radical (unpaired) electrons. The van der Waals surface area contributed by atoms with Gasteiger partial charge >= 0.3 is 0 Å². The summed E-state index contributed by atoms with van der Waals surface area (Å²) in [6, 6.07) is 13.5. The molecule has 0 aliphatic carbocycles. The highest BCUT2D eigenvalue weighted by Gasteiger charge is 2.38. The maximum absolute atomic E-state index is 13.0. The number of nitrogens with zero attached hydrogens (tertiary/aromatic N) is 2. The predicted octanol–water partition coefficient (Wildman–Crippen LogP) is 3.80. The minimum atomic E-state index is -0.555. The Hall–Kier alpha value is -2.21. The molecule has 1 aromatic heterocycles. The summed E-state index contributed by atoms with van der Waals surface area (Å²) < 4.78 is 13.5. The molecule has 0 bridgehead atoms. The highest BCUT2D eigenvalue weighted by atomic mass is 35.5. The topological polar surface area (TPSA) is 53.4 Å². The van der Waals surface area contributed by atoms with Crippen molar-refractivity contribution in [2.75, 3.05) is 13.2 Å². The molecule has 138 valence electrons. The minimum Gasteiger partial charge on any atom is -0.347 e. The lowest BCUT2D eigenvalue weighted by Gasteiger charge is -2.24. The lowest BCUT2D eigenvalue weighted by Crippen LogP contribution is -2.31. The molecule has 1 spiro atoms. The van der Waals surface area contributed by atoms with Gasteiger partial charge in [-0.25, -0.2) is 4.98 Å². The Morgan fingerprint density at radius 2 is 1.74 bits per heavy atom. The highest BCUT2D eigenvalue weighted by Crippen LogP contribution is 2.32. The van der Waals surface area contributed by atoms with Crippen molar-refractivity contribution in [2.24, 2.45) is 0 Å². The summed E-state index contributed by atoms with van der Waals surface area (Å²) in [6.07, 6.45) is 2.06. The second-order valence-corrected chi connectivity index (χ2v) is 7.52. The summed E-state index contributed by atoms with van der Waals surface area (Å²) in [4.78, 5) is 17.9. The van der Waals surface area contributed by atoms with E-state index in [-0.39, 0.29) is 5.56 Å². The third-order valence-electron chi connectivity index (χ3n) is 5.47. The van der Waals surface area contributed by atoms with Gasteiger partial charge in [-0.15, -0.1) is 0 Å². The van der Waals surface area contributed by atoms with Crippen LogP contribution in [0, 0.1) is 0 Å². The summed E-state index contributed by atoms with van der Waals surface area (Å²) in [7, 11) is 0. The summed E-state index contributed by atoms with van der Waals surface area (Å²) >= 11 is 5.98. The highest BCUT2D eigenvalue weighted by molar-refractivity contribution is 6.30. The number of hydrogen-bond acceptors (Lipinski definition) is 4. The van der Waals surface area contributed by atoms with Crippen LogP contribution in [0.1, 0.15) is 18.7 Å². The van der Waals surface area contributed by atoms with E-state index in [9.17, 15) is 4.79 Å². The van der Waals surface area contributed by atoms with Crippen LogP contribution in [0.5, 0.6) is 0 Å². The van der Waals surface area contributed by atoms with Gasteiger partial charge in [-0.1, -0.05) is 29.8 Å². The third-order valence-corrected chi connectivity index (χ3v) is 5.72. The molecule has 2 aliphatic heterocycles. The van der Waals surface area contributed by atoms with Crippen molar-refractivity contribution >= 4 is 22.5 Å². The van der Waals surface area contributed by atoms with Crippen molar-refractivity contribution in [1.29, 1.82) is 0 Å². The number of halogens is 1. The van der Waals surface area contributed by atoms with Crippen LogP contribution < -0.4 is 5.56 Å². The van der Waals surface area contributed by atoms with Crippen LogP contribution in [0.4, 0.5) is 0 Å². The van der Waals surface area contributed by atoms with Gasteiger partial charge in [0.15, 0.2) is 5.79 Å². The largest absolute Gasteiger partial charge is 0.347 e. The van der Waals surface area contributed by atoms with Crippen LogP contribution in [0.15, 0.2) is 47.3 Å². The first-order valence-electron chi connectivity index (χ1n) is 9.21. The number of benzene rings is 2. The van der Waals surface area contributed by atoms with E-state index in [2.05, 4.69) is 0 Å². The predicted molar refractivity (Wildman–Crippen MR) is 104 cm³/mol. The van der Waals surface area contributed by atoms with Crippen molar-refractivity contribution in [2.45, 2.75) is 31.6 Å². The first kappa shape index (κ1) is 16.9. The molecule has 2 aromatic carbocycles. The van der Waals surface area contributed by atoms with E-state index in [4.69, 9.17) is 26.1 Å². The van der Waals surface area contributed by atoms with Crippen LogP contribution in [-0.4, -0.2) is 28.6 Å². The number of fused-ring (bicyclic) bond motifs is 2. The van der Waals surface area contributed by atoms with Gasteiger partial charge in [-0.05, 0) is 35.4 Å². The molecule has 1 saturated heterocycles. The van der Waals surface area contributed by atoms with E-state index in [1.807, 2.05) is 42.5 Å². The molecule has 0 atom stereocenters. The molecule has 1 fully saturated rings. The molecule has 3 heterocycles. The molecular formula is C21H19ClN2O3. The molecule has 0 unspecified atom stereocenters. The van der Waals surface area contributed by atoms with Gasteiger partial charge in [-0.2, -0.15) is 0 Å². The lowest BCUT2D eigenvalue weighted by molar-refractivity contribution is -0.165. The number of ether oxygens (including phenoxy) is 2. The molecular weight excluding hydrogens is 364 g/mol. The summed E-state index contributed by atoms with van der Waals surface area (Å²) in [5, 5.41) is 1.34. The molecule has 0 amide bonds. The number of aromatic nitrogens is 2. The normalized spacial score (nSPS) is 18.6. The van der Waals surface area contributed by atoms with Gasteiger partial charge in [0, 0.05) is 30.8 Å². The Morgan fingerprint density at radius 1 is 1.00 bits per heavy atom. The summed E-state index contributed by atoms with van der Waals surface area (Å²) in [5.74, 6) is 0.248. The van der Waals surface area contributed by atoms with E-state index in [1.54, 1.807) is 4.57 Å². The van der Waals surface area contributed by atoms with Gasteiger partial charge < -0.3 is 9.47 Å². The third kappa shape index (κ3) is 2.96. The summed E-state index contributed by atoms with van der Waals surface area (Å²) in [6.45, 7) is 1.80. The second kappa shape index (κ2) is 6.44. The fourth-order valence-corrected chi connectivity index (χ4v) is 4.13. The standard InChI is InChI=1S/C21H19ClN2O3/c22-16-4-1-14(2-5-16)15-3-6-17-18(13-15)23-19-7-8-21(26-11-12-27-21)9-10-24(19)20(17)25/h1-6,13H,7-12H2. The average Bonchev–Trinajstić information content (AvgIpc) is 3.07. The number of rotatable bonds is 1. The van der Waals surface area contributed by atoms with Crippen LogP contribution in [0.3, 0.4) is 0 Å². The fraction of sp³-hybridized carbons (Fsp3) is 0.333. The molecule has 5 nitrogen and oxygen atoms in total. The van der Waals surface area contributed by atoms with Crippen LogP contribution >= 0.6 is 11.6 Å². The van der Waals surface area contributed by atoms with Gasteiger partial charge in [0.05, 0.1) is 24.1 Å². The Bertz CT molecular complexity index is 1070. The molecule has 5 rings (SSSR count). The van der Waals surface area contributed by atoms with Gasteiger partial charge in [0.2, 0.25) is 0 Å². The van der Waals surface area contributed by atoms with E-state index in [0.717, 1.165) is 28.9 Å². The second-order valence-electron chi connectivity index (χ2n) is 7.08. The van der Waals surface area contributed by atoms with Crippen molar-refractivity contribution in [3.05, 3.63) is 63.7 Å². The van der Waals surface area contributed by atoms with E-state index >= 15 is 0 Å². The Balaban J connectivity index is 1.58. The van der Waals surface area contributed by atoms with E-state index in [1.165, 1.54) is 0 Å². The average molecular weight is 383 g/mol. The zero-order chi connectivity index (χ0) is 18.4. The Kier molecular flexibility index (Phi) is 4.04. The van der Waals surface area contributed by atoms with Crippen LogP contribution in [0.2, 0.25) is 5.02 Å². The molecule has 0 N–H and O–H groups in total. The molecule has 2 aliphatic rings. The smallest absolute Gasteiger partial charge is 0.261 e. The van der Waals surface area contributed by atoms with Crippen molar-refractivity contribution in [3.8, 4) is 11.1 Å². The van der Waals surface area contributed by atoms with Crippen molar-refractivity contribution < 1.29 is 9.47 Å². The van der Waals surface area contributed by atoms with E-state index < -0.39 is 5.79 Å². The fourth-order valence-electron chi connectivity index (χ4n) is 4.01. The van der Waals surface area contributed by atoms with Gasteiger partial charge in [-0.3, -0.25) is 9.36 Å². The van der Waals surface area contributed by atoms with Crippen molar-refractivity contribution in [1.82, 2.24) is 9.55 Å². The quantitative estimate of drug-likeness (QED) is 0.642. The molecule has 3 aromatic rings. The van der Waals surface area contributed by atoms with Gasteiger partial charge in [0.1, 0.15) is 5.82 Å². The molecule has 27 heavy (non-hydrogen) atoms. The van der Waals surface area contributed by atoms with Crippen molar-refractivity contribution in [3.63, 3.8) is 0 Å². The Morgan fingerprint density at radius 3 is 2.52 bits per heavy atom. The first-order valence-corrected chi connectivity index (χ1v) is 9.59. The zero-order valence-electron chi connectivity index (χ0n) is 14.8. The zero-order valence-corrected chi connectivity index (χ0v) is 15.5. The monoisotopic (exact) mass is 382 g/mol. The SMILES string of the molecule is O=c1c2ccc(-c3ccc(Cl)cc3)cc2nc2n1CCC1(CC2)OCCO1. The minimum absolute atomic E-state index is 0.00713. The Labute approximate surface area is 161 Å². The summed E-state index contributed by atoms with van der Waals surface area (Å²) in [5.41, 5.74) is 2.80. The lowest BCUT2D eigenvalue weighted by atomic mass is 10.0. The maximum Gasteiger partial charge on any atom is 0.261 e. The number of hydrogen-bond donors (Lipinski definition) is 0. The number of aryl methyl sites for hydroxylation is 1.